The molecule has 0 spiro atoms. The molecule has 13 heavy (non-hydrogen) atoms. The normalized spacial score (nSPS) is 11.4. The van der Waals surface area contributed by atoms with Crippen LogP contribution in [0.15, 0.2) is 18.6 Å². The molecule has 1 aromatic rings. The highest BCUT2D eigenvalue weighted by Crippen LogP contribution is 1.90. The first-order chi connectivity index (χ1) is 6.24. The molecule has 0 aliphatic rings. The van der Waals surface area contributed by atoms with Gasteiger partial charge in [0.05, 0.1) is 12.2 Å². The second kappa shape index (κ2) is 4.21. The summed E-state index contributed by atoms with van der Waals surface area (Å²) in [5.74, 6) is 2.08. The minimum Gasteiger partial charge on any atom is -0.337 e. The second-order valence-electron chi connectivity index (χ2n) is 2.45. The second-order valence-corrected chi connectivity index (χ2v) is 2.45. The van der Waals surface area contributed by atoms with Crippen LogP contribution < -0.4 is 5.32 Å². The standard InChI is InChI=1S/C9H9N3O/c1-3-7(2)12-9(13)8-6-10-4-5-11-8/h1,4-7H,2H3,(H,12,13). The molecule has 4 heteroatoms. The van der Waals surface area contributed by atoms with E-state index in [0.29, 0.717) is 0 Å². The number of carbonyl (C=O) groups excluding carboxylic acids is 1. The lowest BCUT2D eigenvalue weighted by Crippen LogP contribution is -2.31. The lowest BCUT2D eigenvalue weighted by atomic mass is 10.3. The highest BCUT2D eigenvalue weighted by Gasteiger charge is 2.08. The van der Waals surface area contributed by atoms with Crippen LogP contribution in [0.1, 0.15) is 17.4 Å². The molecule has 0 bridgehead atoms. The minimum absolute atomic E-state index is 0.268. The van der Waals surface area contributed by atoms with Crippen molar-refractivity contribution in [3.63, 3.8) is 0 Å². The molecule has 1 N–H and O–H groups in total. The van der Waals surface area contributed by atoms with Gasteiger partial charge in [-0.1, -0.05) is 5.92 Å². The Morgan fingerprint density at radius 1 is 1.69 bits per heavy atom. The van der Waals surface area contributed by atoms with E-state index < -0.39 is 0 Å². The van der Waals surface area contributed by atoms with Gasteiger partial charge in [0.2, 0.25) is 0 Å². The van der Waals surface area contributed by atoms with Crippen LogP contribution in [0.3, 0.4) is 0 Å². The van der Waals surface area contributed by atoms with Gasteiger partial charge in [0.25, 0.3) is 5.91 Å². The van der Waals surface area contributed by atoms with Crippen LogP contribution in [0.25, 0.3) is 0 Å². The van der Waals surface area contributed by atoms with Gasteiger partial charge in [-0.2, -0.15) is 0 Å². The number of hydrogen-bond donors (Lipinski definition) is 1. The van der Waals surface area contributed by atoms with Gasteiger partial charge in [0.1, 0.15) is 5.69 Å². The molecule has 1 heterocycles. The van der Waals surface area contributed by atoms with Crippen molar-refractivity contribution < 1.29 is 4.79 Å². The summed E-state index contributed by atoms with van der Waals surface area (Å²) in [6.07, 6.45) is 9.44. The lowest BCUT2D eigenvalue weighted by molar-refractivity contribution is 0.0942. The van der Waals surface area contributed by atoms with E-state index in [4.69, 9.17) is 6.42 Å². The highest BCUT2D eigenvalue weighted by molar-refractivity contribution is 5.92. The molecular weight excluding hydrogens is 166 g/mol. The summed E-state index contributed by atoms with van der Waals surface area (Å²) in [7, 11) is 0. The molecule has 1 atom stereocenters. The first-order valence-corrected chi connectivity index (χ1v) is 3.77. The first kappa shape index (κ1) is 9.20. The van der Waals surface area contributed by atoms with E-state index in [-0.39, 0.29) is 17.6 Å². The third-order valence-electron chi connectivity index (χ3n) is 1.39. The smallest absolute Gasteiger partial charge is 0.272 e. The lowest BCUT2D eigenvalue weighted by Gasteiger charge is -2.05. The molecule has 0 aromatic carbocycles. The molecule has 0 fully saturated rings. The summed E-state index contributed by atoms with van der Waals surface area (Å²) in [4.78, 5) is 18.9. The Balaban J connectivity index is 2.66. The van der Waals surface area contributed by atoms with Crippen molar-refractivity contribution in [3.8, 4) is 12.3 Å². The van der Waals surface area contributed by atoms with Gasteiger partial charge in [-0.25, -0.2) is 4.98 Å². The predicted molar refractivity (Wildman–Crippen MR) is 47.8 cm³/mol. The zero-order valence-electron chi connectivity index (χ0n) is 7.19. The van der Waals surface area contributed by atoms with Crippen molar-refractivity contribution in [1.82, 2.24) is 15.3 Å². The molecule has 0 radical (unpaired) electrons. The summed E-state index contributed by atoms with van der Waals surface area (Å²) in [6.45, 7) is 1.72. The number of nitrogens with zero attached hydrogens (tertiary/aromatic N) is 2. The van der Waals surface area contributed by atoms with Gasteiger partial charge in [0.15, 0.2) is 0 Å². The molecule has 4 nitrogen and oxygen atoms in total. The Labute approximate surface area is 76.4 Å². The Kier molecular flexibility index (Phi) is 2.98. The molecular formula is C9H9N3O. The Morgan fingerprint density at radius 3 is 3.00 bits per heavy atom. The van der Waals surface area contributed by atoms with Crippen molar-refractivity contribution in [1.29, 1.82) is 0 Å². The third-order valence-corrected chi connectivity index (χ3v) is 1.39. The molecule has 0 aliphatic heterocycles. The molecule has 0 saturated carbocycles. The quantitative estimate of drug-likeness (QED) is 0.654. The van der Waals surface area contributed by atoms with E-state index in [2.05, 4.69) is 21.2 Å². The fraction of sp³-hybridized carbons (Fsp3) is 0.222. The first-order valence-electron chi connectivity index (χ1n) is 3.77. The Hall–Kier alpha value is -1.89. The van der Waals surface area contributed by atoms with E-state index >= 15 is 0 Å². The number of rotatable bonds is 2. The largest absolute Gasteiger partial charge is 0.337 e. The van der Waals surface area contributed by atoms with Gasteiger partial charge in [-0.05, 0) is 6.92 Å². The van der Waals surface area contributed by atoms with Gasteiger partial charge in [-0.15, -0.1) is 6.42 Å². The maximum atomic E-state index is 11.3. The van der Waals surface area contributed by atoms with E-state index in [1.54, 1.807) is 6.92 Å². The highest BCUT2D eigenvalue weighted by atomic mass is 16.1. The number of terminal acetylenes is 1. The topological polar surface area (TPSA) is 54.9 Å². The fourth-order valence-electron chi connectivity index (χ4n) is 0.729. The molecule has 66 valence electrons. The Bertz CT molecular complexity index is 328. The summed E-state index contributed by atoms with van der Waals surface area (Å²) in [5.41, 5.74) is 0.268. The van der Waals surface area contributed by atoms with Crippen LogP contribution in [0.4, 0.5) is 0 Å². The average Bonchev–Trinajstić information content (AvgIpc) is 2.19. The van der Waals surface area contributed by atoms with Crippen molar-refractivity contribution in [2.75, 3.05) is 0 Å². The fourth-order valence-corrected chi connectivity index (χ4v) is 0.729. The third kappa shape index (κ3) is 2.56. The maximum Gasteiger partial charge on any atom is 0.272 e. The van der Waals surface area contributed by atoms with E-state index in [1.165, 1.54) is 18.6 Å². The van der Waals surface area contributed by atoms with Gasteiger partial charge in [0, 0.05) is 12.4 Å². The van der Waals surface area contributed by atoms with Crippen LogP contribution in [-0.2, 0) is 0 Å². The van der Waals surface area contributed by atoms with Crippen molar-refractivity contribution in [3.05, 3.63) is 24.3 Å². The van der Waals surface area contributed by atoms with Gasteiger partial charge >= 0.3 is 0 Å². The van der Waals surface area contributed by atoms with Crippen molar-refractivity contribution in [2.45, 2.75) is 13.0 Å². The van der Waals surface area contributed by atoms with Gasteiger partial charge < -0.3 is 5.32 Å². The summed E-state index contributed by atoms with van der Waals surface area (Å²) >= 11 is 0. The van der Waals surface area contributed by atoms with E-state index in [1.807, 2.05) is 0 Å². The average molecular weight is 175 g/mol. The van der Waals surface area contributed by atoms with E-state index in [9.17, 15) is 4.79 Å². The number of amides is 1. The summed E-state index contributed by atoms with van der Waals surface area (Å²) < 4.78 is 0. The molecule has 0 saturated heterocycles. The molecule has 0 aliphatic carbocycles. The number of nitrogens with one attached hydrogen (secondary N) is 1. The van der Waals surface area contributed by atoms with Crippen LogP contribution >= 0.6 is 0 Å². The van der Waals surface area contributed by atoms with E-state index in [0.717, 1.165) is 0 Å². The zero-order valence-corrected chi connectivity index (χ0v) is 7.19. The maximum absolute atomic E-state index is 11.3. The molecule has 1 aromatic heterocycles. The van der Waals surface area contributed by atoms with Crippen LogP contribution in [-0.4, -0.2) is 21.9 Å². The van der Waals surface area contributed by atoms with Gasteiger partial charge in [-0.3, -0.25) is 9.78 Å². The Morgan fingerprint density at radius 2 is 2.46 bits per heavy atom. The minimum atomic E-state index is -0.307. The number of aromatic nitrogens is 2. The molecule has 1 rings (SSSR count). The molecule has 1 amide bonds. The zero-order chi connectivity index (χ0) is 9.68. The number of hydrogen-bond acceptors (Lipinski definition) is 3. The monoisotopic (exact) mass is 175 g/mol. The predicted octanol–water partition coefficient (Wildman–Crippen LogP) is 0.228. The van der Waals surface area contributed by atoms with Crippen LogP contribution in [0, 0.1) is 12.3 Å². The van der Waals surface area contributed by atoms with Crippen molar-refractivity contribution >= 4 is 5.91 Å². The van der Waals surface area contributed by atoms with Crippen LogP contribution in [0.5, 0.6) is 0 Å². The summed E-state index contributed by atoms with van der Waals surface area (Å²) in [5, 5.41) is 2.57. The summed E-state index contributed by atoms with van der Waals surface area (Å²) in [6, 6.07) is -0.297. The molecule has 1 unspecified atom stereocenters. The van der Waals surface area contributed by atoms with Crippen molar-refractivity contribution in [2.24, 2.45) is 0 Å². The SMILES string of the molecule is C#CC(C)NC(=O)c1cnccn1. The van der Waals surface area contributed by atoms with Crippen LogP contribution in [0.2, 0.25) is 0 Å². The number of carbonyl (C=O) groups is 1.